The number of methoxy groups -OCH3 is 2. The molecule has 21 heavy (non-hydrogen) atoms. The number of hydrogen-bond acceptors (Lipinski definition) is 5. The molecule has 5 nitrogen and oxygen atoms in total. The molecule has 114 valence electrons. The molecule has 1 rings (SSSR count). The van der Waals surface area contributed by atoms with Crippen LogP contribution in [0.3, 0.4) is 0 Å². The Hall–Kier alpha value is -2.51. The minimum absolute atomic E-state index is 0.0228. The maximum Gasteiger partial charge on any atom is 0.416 e. The molecule has 0 fully saturated rings. The van der Waals surface area contributed by atoms with Crippen LogP contribution in [-0.4, -0.2) is 26.2 Å². The van der Waals surface area contributed by atoms with Gasteiger partial charge in [-0.05, 0) is 18.2 Å². The molecule has 0 saturated carbocycles. The lowest BCUT2D eigenvalue weighted by molar-refractivity contribution is -0.138. The minimum Gasteiger partial charge on any atom is -0.466 e. The van der Waals surface area contributed by atoms with Crippen LogP contribution in [0.1, 0.15) is 5.56 Å². The van der Waals surface area contributed by atoms with Gasteiger partial charge < -0.3 is 14.8 Å². The second kappa shape index (κ2) is 6.78. The van der Waals surface area contributed by atoms with Crippen molar-refractivity contribution in [1.29, 1.82) is 0 Å². The number of nitrogens with one attached hydrogen (secondary N) is 1. The molecule has 1 aromatic carbocycles. The quantitative estimate of drug-likeness (QED) is 0.683. The molecular formula is C13H12F3NO4. The largest absolute Gasteiger partial charge is 0.466 e. The van der Waals surface area contributed by atoms with Crippen molar-refractivity contribution in [2.24, 2.45) is 0 Å². The lowest BCUT2D eigenvalue weighted by atomic mass is 10.2. The predicted octanol–water partition coefficient (Wildman–Crippen LogP) is 2.35. The van der Waals surface area contributed by atoms with Crippen LogP contribution in [0, 0.1) is 0 Å². The Morgan fingerprint density at radius 3 is 2.38 bits per heavy atom. The molecule has 0 bridgehead atoms. The summed E-state index contributed by atoms with van der Waals surface area (Å²) in [7, 11) is 2.17. The van der Waals surface area contributed by atoms with Crippen molar-refractivity contribution in [1.82, 2.24) is 0 Å². The number of carbonyl (C=O) groups excluding carboxylic acids is 2. The van der Waals surface area contributed by atoms with Crippen LogP contribution in [0.2, 0.25) is 0 Å². The van der Waals surface area contributed by atoms with Gasteiger partial charge in [-0.1, -0.05) is 6.07 Å². The first-order chi connectivity index (χ1) is 9.77. The first-order valence-corrected chi connectivity index (χ1v) is 5.60. The number of anilines is 1. The highest BCUT2D eigenvalue weighted by Crippen LogP contribution is 2.30. The summed E-state index contributed by atoms with van der Waals surface area (Å²) in [5.74, 6) is -1.77. The van der Waals surface area contributed by atoms with Crippen molar-refractivity contribution in [2.45, 2.75) is 6.18 Å². The zero-order valence-electron chi connectivity index (χ0n) is 11.2. The third-order valence-electron chi connectivity index (χ3n) is 2.34. The van der Waals surface area contributed by atoms with Crippen molar-refractivity contribution in [2.75, 3.05) is 19.5 Å². The number of halogens is 3. The van der Waals surface area contributed by atoms with Gasteiger partial charge in [0, 0.05) is 5.69 Å². The number of carbonyl (C=O) groups is 2. The molecule has 0 amide bonds. The van der Waals surface area contributed by atoms with E-state index in [1.807, 2.05) is 0 Å². The SMILES string of the molecule is COC(=O)/C=C(/Nc1cccc(C(F)(F)F)c1)C(=O)OC. The number of ether oxygens (including phenoxy) is 2. The van der Waals surface area contributed by atoms with E-state index in [0.29, 0.717) is 0 Å². The maximum atomic E-state index is 12.6. The predicted molar refractivity (Wildman–Crippen MR) is 67.2 cm³/mol. The molecule has 0 spiro atoms. The van der Waals surface area contributed by atoms with Crippen LogP contribution in [0.4, 0.5) is 18.9 Å². The van der Waals surface area contributed by atoms with Crippen LogP contribution < -0.4 is 5.32 Å². The molecule has 0 aliphatic heterocycles. The lowest BCUT2D eigenvalue weighted by Crippen LogP contribution is -2.16. The van der Waals surface area contributed by atoms with E-state index in [-0.39, 0.29) is 11.4 Å². The van der Waals surface area contributed by atoms with Crippen molar-refractivity contribution in [3.8, 4) is 0 Å². The molecular weight excluding hydrogens is 291 g/mol. The summed E-state index contributed by atoms with van der Waals surface area (Å²) in [6.07, 6.45) is -3.73. The fraction of sp³-hybridized carbons (Fsp3) is 0.231. The van der Waals surface area contributed by atoms with Gasteiger partial charge in [0.15, 0.2) is 0 Å². The minimum atomic E-state index is -4.52. The van der Waals surface area contributed by atoms with Gasteiger partial charge in [0.2, 0.25) is 0 Å². The normalized spacial score (nSPS) is 11.8. The number of rotatable bonds is 4. The van der Waals surface area contributed by atoms with Gasteiger partial charge >= 0.3 is 18.1 Å². The molecule has 1 aromatic rings. The van der Waals surface area contributed by atoms with E-state index in [4.69, 9.17) is 0 Å². The summed E-state index contributed by atoms with van der Waals surface area (Å²) in [5.41, 5.74) is -1.26. The lowest BCUT2D eigenvalue weighted by Gasteiger charge is -2.11. The van der Waals surface area contributed by atoms with E-state index < -0.39 is 23.7 Å². The van der Waals surface area contributed by atoms with E-state index in [1.54, 1.807) is 0 Å². The van der Waals surface area contributed by atoms with E-state index in [1.165, 1.54) is 6.07 Å². The highest BCUT2D eigenvalue weighted by atomic mass is 19.4. The second-order valence-corrected chi connectivity index (χ2v) is 3.78. The van der Waals surface area contributed by atoms with Crippen LogP contribution in [-0.2, 0) is 25.2 Å². The summed E-state index contributed by atoms with van der Waals surface area (Å²) in [4.78, 5) is 22.6. The fourth-order valence-electron chi connectivity index (χ4n) is 1.36. The second-order valence-electron chi connectivity index (χ2n) is 3.78. The number of benzene rings is 1. The van der Waals surface area contributed by atoms with Crippen LogP contribution in [0.25, 0.3) is 0 Å². The van der Waals surface area contributed by atoms with E-state index in [0.717, 1.165) is 38.5 Å². The van der Waals surface area contributed by atoms with E-state index in [2.05, 4.69) is 14.8 Å². The summed E-state index contributed by atoms with van der Waals surface area (Å²) in [6, 6.07) is 4.16. The molecule has 0 radical (unpaired) electrons. The third kappa shape index (κ3) is 4.83. The molecule has 8 heteroatoms. The summed E-state index contributed by atoms with van der Waals surface area (Å²) in [6.45, 7) is 0. The number of hydrogen-bond donors (Lipinski definition) is 1. The van der Waals surface area contributed by atoms with E-state index >= 15 is 0 Å². The molecule has 0 aliphatic carbocycles. The van der Waals surface area contributed by atoms with E-state index in [9.17, 15) is 22.8 Å². The fourth-order valence-corrected chi connectivity index (χ4v) is 1.36. The average molecular weight is 303 g/mol. The van der Waals surface area contributed by atoms with Crippen molar-refractivity contribution in [3.05, 3.63) is 41.6 Å². The zero-order chi connectivity index (χ0) is 16.0. The van der Waals surface area contributed by atoms with Gasteiger partial charge in [-0.25, -0.2) is 9.59 Å². The Kier molecular flexibility index (Phi) is 5.34. The highest BCUT2D eigenvalue weighted by molar-refractivity contribution is 5.98. The zero-order valence-corrected chi connectivity index (χ0v) is 11.2. The number of alkyl halides is 3. The first-order valence-electron chi connectivity index (χ1n) is 5.60. The van der Waals surface area contributed by atoms with Gasteiger partial charge in [0.25, 0.3) is 0 Å². The molecule has 0 aromatic heterocycles. The van der Waals surface area contributed by atoms with Gasteiger partial charge in [-0.3, -0.25) is 0 Å². The van der Waals surface area contributed by atoms with Crippen LogP contribution in [0.5, 0.6) is 0 Å². The molecule has 0 heterocycles. The Morgan fingerprint density at radius 2 is 1.86 bits per heavy atom. The third-order valence-corrected chi connectivity index (χ3v) is 2.34. The standard InChI is InChI=1S/C13H12F3NO4/c1-20-11(18)7-10(12(19)21-2)17-9-5-3-4-8(6-9)13(14,15)16/h3-7,17H,1-2H3/b10-7+. The van der Waals surface area contributed by atoms with Crippen molar-refractivity contribution in [3.63, 3.8) is 0 Å². The summed E-state index contributed by atoms with van der Waals surface area (Å²) < 4.78 is 46.5. The van der Waals surface area contributed by atoms with Gasteiger partial charge in [-0.15, -0.1) is 0 Å². The average Bonchev–Trinajstić information content (AvgIpc) is 2.45. The molecule has 0 aliphatic rings. The first kappa shape index (κ1) is 16.5. The topological polar surface area (TPSA) is 64.6 Å². The van der Waals surface area contributed by atoms with Crippen LogP contribution in [0.15, 0.2) is 36.0 Å². The van der Waals surface area contributed by atoms with Gasteiger partial charge in [0.1, 0.15) is 5.70 Å². The Balaban J connectivity index is 3.07. The van der Waals surface area contributed by atoms with Crippen molar-refractivity contribution < 1.29 is 32.2 Å². The van der Waals surface area contributed by atoms with Crippen LogP contribution >= 0.6 is 0 Å². The van der Waals surface area contributed by atoms with Gasteiger partial charge in [-0.2, -0.15) is 13.2 Å². The number of esters is 2. The Labute approximate surface area is 118 Å². The Bertz CT molecular complexity index is 567. The highest BCUT2D eigenvalue weighted by Gasteiger charge is 2.30. The van der Waals surface area contributed by atoms with Gasteiger partial charge in [0.05, 0.1) is 25.9 Å². The molecule has 0 unspecified atom stereocenters. The Morgan fingerprint density at radius 1 is 1.19 bits per heavy atom. The molecule has 1 N–H and O–H groups in total. The molecule has 0 atom stereocenters. The summed E-state index contributed by atoms with van der Waals surface area (Å²) in [5, 5.41) is 2.39. The summed E-state index contributed by atoms with van der Waals surface area (Å²) >= 11 is 0. The monoisotopic (exact) mass is 303 g/mol. The maximum absolute atomic E-state index is 12.6. The smallest absolute Gasteiger partial charge is 0.416 e. The molecule has 0 saturated heterocycles. The van der Waals surface area contributed by atoms with Crippen molar-refractivity contribution >= 4 is 17.6 Å².